The van der Waals surface area contributed by atoms with Gasteiger partial charge in [0.25, 0.3) is 5.91 Å². The fourth-order valence-corrected chi connectivity index (χ4v) is 4.52. The molecule has 1 saturated heterocycles. The van der Waals surface area contributed by atoms with Crippen molar-refractivity contribution in [3.63, 3.8) is 0 Å². The predicted molar refractivity (Wildman–Crippen MR) is 120 cm³/mol. The predicted octanol–water partition coefficient (Wildman–Crippen LogP) is 4.42. The monoisotopic (exact) mass is 402 g/mol. The summed E-state index contributed by atoms with van der Waals surface area (Å²) in [5.74, 6) is 0.908. The lowest BCUT2D eigenvalue weighted by Gasteiger charge is -2.31. The molecule has 0 spiro atoms. The van der Waals surface area contributed by atoms with Crippen LogP contribution in [0.15, 0.2) is 60.7 Å². The molecular formula is C26H30N2O2. The highest BCUT2D eigenvalue weighted by Gasteiger charge is 2.22. The second-order valence-corrected chi connectivity index (χ2v) is 8.45. The molecule has 2 aromatic rings. The molecule has 1 fully saturated rings. The number of hydrogen-bond acceptors (Lipinski definition) is 2. The largest absolute Gasteiger partial charge is 0.343 e. The van der Waals surface area contributed by atoms with Crippen molar-refractivity contribution >= 4 is 17.4 Å². The van der Waals surface area contributed by atoms with Crippen LogP contribution in [0.3, 0.4) is 0 Å². The van der Waals surface area contributed by atoms with E-state index in [-0.39, 0.29) is 11.8 Å². The van der Waals surface area contributed by atoms with Crippen LogP contribution < -0.4 is 0 Å². The Bertz CT molecular complexity index is 910. The molecule has 0 radical (unpaired) electrons. The lowest BCUT2D eigenvalue weighted by Crippen LogP contribution is -2.37. The summed E-state index contributed by atoms with van der Waals surface area (Å²) in [7, 11) is 0. The van der Waals surface area contributed by atoms with Crippen molar-refractivity contribution in [3.05, 3.63) is 77.4 Å². The zero-order valence-electron chi connectivity index (χ0n) is 17.7. The molecular weight excluding hydrogens is 372 g/mol. The number of benzene rings is 2. The van der Waals surface area contributed by atoms with Gasteiger partial charge in [0.2, 0.25) is 5.91 Å². The maximum Gasteiger partial charge on any atom is 0.254 e. The van der Waals surface area contributed by atoms with E-state index < -0.39 is 0 Å². The van der Waals surface area contributed by atoms with Gasteiger partial charge >= 0.3 is 0 Å². The maximum absolute atomic E-state index is 12.9. The Morgan fingerprint density at radius 1 is 0.900 bits per heavy atom. The Labute approximate surface area is 179 Å². The summed E-state index contributed by atoms with van der Waals surface area (Å²) in [6.45, 7) is 4.81. The molecule has 0 N–H and O–H groups in total. The standard InChI is InChI=1S/C26H30N2O2/c1-20(29)27-15-11-22(12-16-27)19-21-7-9-25(10-8-21)26(30)28-17-13-24(14-18-28)23-5-3-2-4-6-23/h2-10,13,22H,11-12,14-19H2,1H3. The van der Waals surface area contributed by atoms with Gasteiger partial charge in [0.05, 0.1) is 0 Å². The average molecular weight is 403 g/mol. The minimum absolute atomic E-state index is 0.111. The molecule has 2 aromatic carbocycles. The van der Waals surface area contributed by atoms with E-state index in [1.54, 1.807) is 6.92 Å². The lowest BCUT2D eigenvalue weighted by molar-refractivity contribution is -0.130. The Hall–Kier alpha value is -2.88. The normalized spacial score (nSPS) is 17.6. The molecule has 2 aliphatic rings. The van der Waals surface area contributed by atoms with Crippen molar-refractivity contribution in [1.82, 2.24) is 9.80 Å². The summed E-state index contributed by atoms with van der Waals surface area (Å²) in [5.41, 5.74) is 4.62. The first-order valence-electron chi connectivity index (χ1n) is 11.0. The van der Waals surface area contributed by atoms with Gasteiger partial charge in [-0.2, -0.15) is 0 Å². The molecule has 2 aliphatic heterocycles. The van der Waals surface area contributed by atoms with Crippen LogP contribution in [0, 0.1) is 5.92 Å². The fourth-order valence-electron chi connectivity index (χ4n) is 4.52. The van der Waals surface area contributed by atoms with Crippen LogP contribution in [0.1, 0.15) is 47.7 Å². The molecule has 0 unspecified atom stereocenters. The fraction of sp³-hybridized carbons (Fsp3) is 0.385. The first kappa shape index (κ1) is 20.4. The number of nitrogens with zero attached hydrogens (tertiary/aromatic N) is 2. The van der Waals surface area contributed by atoms with Crippen molar-refractivity contribution in [2.75, 3.05) is 26.2 Å². The third-order valence-electron chi connectivity index (χ3n) is 6.43. The van der Waals surface area contributed by atoms with E-state index in [4.69, 9.17) is 0 Å². The number of amides is 2. The maximum atomic E-state index is 12.9. The number of likely N-dealkylation sites (tertiary alicyclic amines) is 1. The number of carbonyl (C=O) groups excluding carboxylic acids is 2. The van der Waals surface area contributed by atoms with Gasteiger partial charge in [0.1, 0.15) is 0 Å². The van der Waals surface area contributed by atoms with Crippen molar-refractivity contribution in [2.45, 2.75) is 32.6 Å². The third kappa shape index (κ3) is 4.81. The Morgan fingerprint density at radius 2 is 1.60 bits per heavy atom. The number of carbonyl (C=O) groups is 2. The summed E-state index contributed by atoms with van der Waals surface area (Å²) in [6, 6.07) is 18.5. The van der Waals surface area contributed by atoms with Crippen LogP contribution in [-0.2, 0) is 11.2 Å². The zero-order valence-corrected chi connectivity index (χ0v) is 17.7. The van der Waals surface area contributed by atoms with Gasteiger partial charge in [0.15, 0.2) is 0 Å². The second kappa shape index (κ2) is 9.29. The summed E-state index contributed by atoms with van der Waals surface area (Å²) in [6.07, 6.45) is 6.21. The molecule has 0 aliphatic carbocycles. The summed E-state index contributed by atoms with van der Waals surface area (Å²) < 4.78 is 0. The summed E-state index contributed by atoms with van der Waals surface area (Å²) in [5, 5.41) is 0. The van der Waals surface area contributed by atoms with Gasteiger partial charge < -0.3 is 9.80 Å². The number of piperidine rings is 1. The molecule has 156 valence electrons. The van der Waals surface area contributed by atoms with Crippen LogP contribution in [0.5, 0.6) is 0 Å². The van der Waals surface area contributed by atoms with Gasteiger partial charge in [-0.15, -0.1) is 0 Å². The van der Waals surface area contributed by atoms with E-state index in [9.17, 15) is 9.59 Å². The second-order valence-electron chi connectivity index (χ2n) is 8.45. The minimum atomic E-state index is 0.111. The molecule has 0 saturated carbocycles. The van der Waals surface area contributed by atoms with Gasteiger partial charge in [-0.1, -0.05) is 48.5 Å². The molecule has 4 rings (SSSR count). The van der Waals surface area contributed by atoms with Gasteiger partial charge in [0, 0.05) is 38.7 Å². The topological polar surface area (TPSA) is 40.6 Å². The minimum Gasteiger partial charge on any atom is -0.343 e. The van der Waals surface area contributed by atoms with E-state index in [0.29, 0.717) is 12.5 Å². The van der Waals surface area contributed by atoms with Crippen molar-refractivity contribution < 1.29 is 9.59 Å². The smallest absolute Gasteiger partial charge is 0.254 e. The Morgan fingerprint density at radius 3 is 2.20 bits per heavy atom. The molecule has 4 heteroatoms. The third-order valence-corrected chi connectivity index (χ3v) is 6.43. The number of hydrogen-bond donors (Lipinski definition) is 0. The van der Waals surface area contributed by atoms with E-state index in [2.05, 4.69) is 42.5 Å². The van der Waals surface area contributed by atoms with Gasteiger partial charge in [-0.05, 0) is 60.4 Å². The zero-order chi connectivity index (χ0) is 20.9. The first-order chi connectivity index (χ1) is 14.6. The van der Waals surface area contributed by atoms with E-state index >= 15 is 0 Å². The molecule has 0 bridgehead atoms. The molecule has 2 heterocycles. The number of rotatable bonds is 4. The van der Waals surface area contributed by atoms with Gasteiger partial charge in [-0.25, -0.2) is 0 Å². The average Bonchev–Trinajstić information content (AvgIpc) is 2.80. The molecule has 2 amide bonds. The van der Waals surface area contributed by atoms with E-state index in [1.165, 1.54) is 16.7 Å². The van der Waals surface area contributed by atoms with Crippen molar-refractivity contribution in [2.24, 2.45) is 5.92 Å². The molecule has 0 atom stereocenters. The SMILES string of the molecule is CC(=O)N1CCC(Cc2ccc(C(=O)N3CC=C(c4ccccc4)CC3)cc2)CC1. The molecule has 0 aromatic heterocycles. The van der Waals surface area contributed by atoms with Crippen LogP contribution in [0.25, 0.3) is 5.57 Å². The highest BCUT2D eigenvalue weighted by molar-refractivity contribution is 5.94. The summed E-state index contributed by atoms with van der Waals surface area (Å²) in [4.78, 5) is 28.2. The Kier molecular flexibility index (Phi) is 6.32. The molecule has 4 nitrogen and oxygen atoms in total. The van der Waals surface area contributed by atoms with Crippen molar-refractivity contribution in [3.8, 4) is 0 Å². The Balaban J connectivity index is 1.31. The van der Waals surface area contributed by atoms with E-state index in [0.717, 1.165) is 50.9 Å². The van der Waals surface area contributed by atoms with Gasteiger partial charge in [-0.3, -0.25) is 9.59 Å². The van der Waals surface area contributed by atoms with Crippen LogP contribution in [0.4, 0.5) is 0 Å². The summed E-state index contributed by atoms with van der Waals surface area (Å²) >= 11 is 0. The molecule has 30 heavy (non-hydrogen) atoms. The lowest BCUT2D eigenvalue weighted by atomic mass is 9.90. The van der Waals surface area contributed by atoms with Crippen LogP contribution in [-0.4, -0.2) is 47.8 Å². The van der Waals surface area contributed by atoms with Crippen LogP contribution in [0.2, 0.25) is 0 Å². The van der Waals surface area contributed by atoms with Crippen LogP contribution >= 0.6 is 0 Å². The first-order valence-corrected chi connectivity index (χ1v) is 11.0. The highest BCUT2D eigenvalue weighted by atomic mass is 16.2. The quantitative estimate of drug-likeness (QED) is 0.760. The van der Waals surface area contributed by atoms with Crippen molar-refractivity contribution in [1.29, 1.82) is 0 Å². The van der Waals surface area contributed by atoms with E-state index in [1.807, 2.05) is 28.0 Å². The highest BCUT2D eigenvalue weighted by Crippen LogP contribution is 2.24.